The minimum Gasteiger partial charge on any atom is -0.283 e. The Hall–Kier alpha value is -0.130. The van der Waals surface area contributed by atoms with Crippen molar-refractivity contribution in [1.82, 2.24) is 8.75 Å². The van der Waals surface area contributed by atoms with E-state index in [-0.39, 0.29) is 10.6 Å². The van der Waals surface area contributed by atoms with E-state index in [9.17, 15) is 4.79 Å². The predicted molar refractivity (Wildman–Crippen MR) is 47.6 cm³/mol. The molecule has 0 aromatic carbocycles. The van der Waals surface area contributed by atoms with Gasteiger partial charge in [0.2, 0.25) is 5.43 Å². The van der Waals surface area contributed by atoms with Gasteiger partial charge in [0.25, 0.3) is 0 Å². The van der Waals surface area contributed by atoms with Crippen LogP contribution in [0.1, 0.15) is 6.92 Å². The highest BCUT2D eigenvalue weighted by Crippen LogP contribution is 2.11. The maximum atomic E-state index is 11.1. The summed E-state index contributed by atoms with van der Waals surface area (Å²) in [5.41, 5.74) is -0.266. The van der Waals surface area contributed by atoms with Crippen molar-refractivity contribution in [3.63, 3.8) is 0 Å². The van der Waals surface area contributed by atoms with Crippen LogP contribution in [0.25, 0.3) is 0 Å². The van der Waals surface area contributed by atoms with Crippen molar-refractivity contribution in [1.29, 1.82) is 0 Å². The maximum Gasteiger partial charge on any atom is 0.250 e. The van der Waals surface area contributed by atoms with Crippen molar-refractivity contribution in [2.24, 2.45) is 0 Å². The summed E-state index contributed by atoms with van der Waals surface area (Å²) in [5.74, 6) is 0.815. The Morgan fingerprint density at radius 1 is 1.64 bits per heavy atom. The molecule has 0 spiro atoms. The van der Waals surface area contributed by atoms with Crippen LogP contribution >= 0.6 is 35.1 Å². The lowest BCUT2D eigenvalue weighted by atomic mass is 10.7. The number of hydrogen-bond acceptors (Lipinski definition) is 5. The van der Waals surface area contributed by atoms with Crippen LogP contribution in [0.2, 0.25) is 5.15 Å². The Labute approximate surface area is 77.1 Å². The summed E-state index contributed by atoms with van der Waals surface area (Å²) >= 11 is 7.82. The quantitative estimate of drug-likeness (QED) is 0.694. The SMILES string of the molecule is CCSc1nsnc(Cl)c1=O. The van der Waals surface area contributed by atoms with Gasteiger partial charge in [0.05, 0.1) is 11.7 Å². The molecule has 0 radical (unpaired) electrons. The summed E-state index contributed by atoms with van der Waals surface area (Å²) in [5, 5.41) is 0.457. The molecule has 1 aromatic heterocycles. The second kappa shape index (κ2) is 4.04. The molecule has 3 nitrogen and oxygen atoms in total. The molecule has 0 aliphatic carbocycles. The molecule has 0 saturated carbocycles. The Bertz CT molecular complexity index is 301. The smallest absolute Gasteiger partial charge is 0.250 e. The zero-order valence-corrected chi connectivity index (χ0v) is 8.09. The van der Waals surface area contributed by atoms with Gasteiger partial charge >= 0.3 is 0 Å². The predicted octanol–water partition coefficient (Wildman–Crippen LogP) is 1.66. The average molecular weight is 209 g/mol. The van der Waals surface area contributed by atoms with E-state index in [0.717, 1.165) is 17.5 Å². The third kappa shape index (κ3) is 2.15. The first-order chi connectivity index (χ1) is 5.25. The summed E-state index contributed by atoms with van der Waals surface area (Å²) < 4.78 is 7.42. The number of thioether (sulfide) groups is 1. The van der Waals surface area contributed by atoms with Crippen LogP contribution < -0.4 is 5.43 Å². The van der Waals surface area contributed by atoms with E-state index in [1.54, 1.807) is 0 Å². The minimum absolute atomic E-state index is 0.0148. The van der Waals surface area contributed by atoms with Gasteiger partial charge in [0.1, 0.15) is 0 Å². The fraction of sp³-hybridized carbons (Fsp3) is 0.400. The Morgan fingerprint density at radius 2 is 2.36 bits per heavy atom. The third-order valence-corrected chi connectivity index (χ3v) is 2.75. The second-order valence-electron chi connectivity index (χ2n) is 1.62. The molecule has 1 rings (SSSR count). The molecule has 0 aliphatic rings. The summed E-state index contributed by atoms with van der Waals surface area (Å²) in [7, 11) is 0. The lowest BCUT2D eigenvalue weighted by molar-refractivity contribution is 1.15. The van der Waals surface area contributed by atoms with E-state index < -0.39 is 0 Å². The number of rotatable bonds is 2. The van der Waals surface area contributed by atoms with E-state index in [4.69, 9.17) is 11.6 Å². The lowest BCUT2D eigenvalue weighted by Gasteiger charge is -1.92. The second-order valence-corrected chi connectivity index (χ2v) is 3.76. The van der Waals surface area contributed by atoms with Crippen LogP contribution in [0.5, 0.6) is 0 Å². The van der Waals surface area contributed by atoms with Gasteiger partial charge in [0, 0.05) is 0 Å². The summed E-state index contributed by atoms with van der Waals surface area (Å²) in [4.78, 5) is 11.1. The molecular formula is C5H5ClN2OS2. The fourth-order valence-corrected chi connectivity index (χ4v) is 1.90. The third-order valence-electron chi connectivity index (χ3n) is 0.907. The highest BCUT2D eigenvalue weighted by atomic mass is 35.5. The van der Waals surface area contributed by atoms with Gasteiger partial charge in [0.15, 0.2) is 10.2 Å². The van der Waals surface area contributed by atoms with Gasteiger partial charge < -0.3 is 0 Å². The van der Waals surface area contributed by atoms with Crippen LogP contribution in [-0.4, -0.2) is 14.5 Å². The molecule has 0 aliphatic heterocycles. The van der Waals surface area contributed by atoms with Crippen molar-refractivity contribution >= 4 is 35.1 Å². The van der Waals surface area contributed by atoms with Crippen molar-refractivity contribution in [3.05, 3.63) is 15.4 Å². The van der Waals surface area contributed by atoms with Gasteiger partial charge in [-0.2, -0.15) is 8.75 Å². The largest absolute Gasteiger partial charge is 0.283 e. The Kier molecular flexibility index (Phi) is 3.29. The molecule has 0 amide bonds. The number of hydrogen-bond donors (Lipinski definition) is 0. The standard InChI is InChI=1S/C5H5ClN2OS2/c1-2-10-5-3(9)4(6)7-11-8-5/h2H2,1H3. The number of aromatic nitrogens is 2. The van der Waals surface area contributed by atoms with E-state index in [1.165, 1.54) is 11.8 Å². The zero-order chi connectivity index (χ0) is 8.27. The van der Waals surface area contributed by atoms with E-state index in [1.807, 2.05) is 6.92 Å². The summed E-state index contributed by atoms with van der Waals surface area (Å²) in [6.07, 6.45) is 0. The normalized spacial score (nSPS) is 10.0. The summed E-state index contributed by atoms with van der Waals surface area (Å²) in [6, 6.07) is 0. The van der Waals surface area contributed by atoms with Gasteiger partial charge in [-0.25, -0.2) is 0 Å². The molecule has 11 heavy (non-hydrogen) atoms. The van der Waals surface area contributed by atoms with Crippen LogP contribution in [0.3, 0.4) is 0 Å². The Morgan fingerprint density at radius 3 is 3.00 bits per heavy atom. The number of nitrogens with zero attached hydrogens (tertiary/aromatic N) is 2. The highest BCUT2D eigenvalue weighted by Gasteiger charge is 2.05. The van der Waals surface area contributed by atoms with Crippen LogP contribution in [-0.2, 0) is 0 Å². The van der Waals surface area contributed by atoms with Crippen molar-refractivity contribution in [3.8, 4) is 0 Å². The lowest BCUT2D eigenvalue weighted by Crippen LogP contribution is -2.06. The minimum atomic E-state index is -0.266. The van der Waals surface area contributed by atoms with E-state index >= 15 is 0 Å². The molecule has 1 heterocycles. The van der Waals surface area contributed by atoms with Crippen LogP contribution in [0, 0.1) is 0 Å². The van der Waals surface area contributed by atoms with Crippen LogP contribution in [0.15, 0.2) is 9.82 Å². The molecule has 0 fully saturated rings. The fourth-order valence-electron chi connectivity index (χ4n) is 0.493. The van der Waals surface area contributed by atoms with Gasteiger partial charge in [-0.05, 0) is 5.75 Å². The van der Waals surface area contributed by atoms with Crippen molar-refractivity contribution < 1.29 is 0 Å². The highest BCUT2D eigenvalue weighted by molar-refractivity contribution is 7.99. The molecule has 0 saturated heterocycles. The monoisotopic (exact) mass is 208 g/mol. The molecule has 60 valence electrons. The first kappa shape index (κ1) is 8.96. The molecular weight excluding hydrogens is 204 g/mol. The molecule has 0 atom stereocenters. The zero-order valence-electron chi connectivity index (χ0n) is 5.70. The molecule has 1 aromatic rings. The number of halogens is 1. The first-order valence-electron chi connectivity index (χ1n) is 2.91. The topological polar surface area (TPSA) is 42.9 Å². The van der Waals surface area contributed by atoms with Gasteiger partial charge in [-0.15, -0.1) is 11.8 Å². The maximum absolute atomic E-state index is 11.1. The summed E-state index contributed by atoms with van der Waals surface area (Å²) in [6.45, 7) is 1.95. The van der Waals surface area contributed by atoms with Gasteiger partial charge in [-0.1, -0.05) is 18.5 Å². The molecule has 6 heteroatoms. The van der Waals surface area contributed by atoms with Crippen molar-refractivity contribution in [2.75, 3.05) is 5.75 Å². The first-order valence-corrected chi connectivity index (χ1v) is 5.00. The van der Waals surface area contributed by atoms with E-state index in [0.29, 0.717) is 5.03 Å². The average Bonchev–Trinajstić information content (AvgIpc) is 1.99. The molecule has 0 N–H and O–H groups in total. The van der Waals surface area contributed by atoms with Gasteiger partial charge in [-0.3, -0.25) is 4.79 Å². The molecule has 0 bridgehead atoms. The van der Waals surface area contributed by atoms with E-state index in [2.05, 4.69) is 8.75 Å². The molecule has 0 unspecified atom stereocenters. The Balaban J connectivity index is 3.07. The van der Waals surface area contributed by atoms with Crippen molar-refractivity contribution in [2.45, 2.75) is 11.9 Å². The van der Waals surface area contributed by atoms with Crippen LogP contribution in [0.4, 0.5) is 0 Å².